The summed E-state index contributed by atoms with van der Waals surface area (Å²) in [6, 6.07) is 8.02. The Balaban J connectivity index is 1.80. The van der Waals surface area contributed by atoms with Gasteiger partial charge >= 0.3 is 0 Å². The molecule has 0 radical (unpaired) electrons. The number of rotatable bonds is 6. The van der Waals surface area contributed by atoms with Gasteiger partial charge in [0.2, 0.25) is 0 Å². The van der Waals surface area contributed by atoms with Crippen molar-refractivity contribution in [3.63, 3.8) is 0 Å². The van der Waals surface area contributed by atoms with Gasteiger partial charge in [-0.2, -0.15) is 0 Å². The maximum Gasteiger partial charge on any atom is 0.150 e. The standard InChI is InChI=1S/C15H19N5O/c1-21-7-6-20-10-18-19-15(20)13(16)8-11-9-17-14-5-3-2-4-12(11)14/h2-5,9-10,13,17H,6-8,16H2,1H3/t13-/m1/s1. The normalized spacial score (nSPS) is 12.9. The quantitative estimate of drug-likeness (QED) is 0.721. The third-order valence-electron chi connectivity index (χ3n) is 3.63. The number of methoxy groups -OCH3 is 1. The summed E-state index contributed by atoms with van der Waals surface area (Å²) in [6.07, 6.45) is 4.43. The molecule has 0 aliphatic carbocycles. The molecule has 110 valence electrons. The number of hydrogen-bond donors (Lipinski definition) is 2. The maximum atomic E-state index is 6.32. The van der Waals surface area contributed by atoms with Crippen LogP contribution in [0.3, 0.4) is 0 Å². The number of ether oxygens (including phenoxy) is 1. The first kappa shape index (κ1) is 13.8. The zero-order valence-corrected chi connectivity index (χ0v) is 12.0. The molecule has 6 heteroatoms. The lowest BCUT2D eigenvalue weighted by Crippen LogP contribution is -2.20. The molecule has 0 spiro atoms. The number of nitrogens with one attached hydrogen (secondary N) is 1. The zero-order valence-electron chi connectivity index (χ0n) is 12.0. The summed E-state index contributed by atoms with van der Waals surface area (Å²) in [5.41, 5.74) is 8.64. The molecule has 0 fully saturated rings. The van der Waals surface area contributed by atoms with Gasteiger partial charge in [0.05, 0.1) is 12.6 Å². The summed E-state index contributed by atoms with van der Waals surface area (Å²) in [5, 5.41) is 9.31. The molecule has 0 saturated heterocycles. The average molecular weight is 285 g/mol. The fourth-order valence-corrected chi connectivity index (χ4v) is 2.54. The number of nitrogens with zero attached hydrogens (tertiary/aromatic N) is 3. The fraction of sp³-hybridized carbons (Fsp3) is 0.333. The smallest absolute Gasteiger partial charge is 0.150 e. The number of aromatic nitrogens is 4. The number of benzene rings is 1. The molecule has 0 saturated carbocycles. The van der Waals surface area contributed by atoms with Gasteiger partial charge in [-0.25, -0.2) is 0 Å². The van der Waals surface area contributed by atoms with E-state index >= 15 is 0 Å². The van der Waals surface area contributed by atoms with Crippen molar-refractivity contribution in [2.75, 3.05) is 13.7 Å². The number of nitrogens with two attached hydrogens (primary N) is 1. The molecule has 3 aromatic rings. The lowest BCUT2D eigenvalue weighted by molar-refractivity contribution is 0.185. The predicted molar refractivity (Wildman–Crippen MR) is 80.8 cm³/mol. The molecule has 2 heterocycles. The van der Waals surface area contributed by atoms with E-state index in [1.54, 1.807) is 13.4 Å². The first-order valence-corrected chi connectivity index (χ1v) is 6.97. The second-order valence-corrected chi connectivity index (χ2v) is 5.05. The Morgan fingerprint density at radius 2 is 2.24 bits per heavy atom. The van der Waals surface area contributed by atoms with Gasteiger partial charge in [0.25, 0.3) is 0 Å². The van der Waals surface area contributed by atoms with Crippen molar-refractivity contribution < 1.29 is 4.74 Å². The highest BCUT2D eigenvalue weighted by atomic mass is 16.5. The van der Waals surface area contributed by atoms with E-state index in [0.29, 0.717) is 13.2 Å². The van der Waals surface area contributed by atoms with Crippen molar-refractivity contribution >= 4 is 10.9 Å². The van der Waals surface area contributed by atoms with Crippen LogP contribution in [0.2, 0.25) is 0 Å². The second kappa shape index (κ2) is 6.07. The van der Waals surface area contributed by atoms with E-state index < -0.39 is 0 Å². The Hall–Kier alpha value is -2.18. The summed E-state index contributed by atoms with van der Waals surface area (Å²) in [5.74, 6) is 0.789. The van der Waals surface area contributed by atoms with Crippen molar-refractivity contribution in [2.24, 2.45) is 5.73 Å². The molecule has 0 amide bonds. The molecule has 6 nitrogen and oxygen atoms in total. The topological polar surface area (TPSA) is 81.8 Å². The molecule has 21 heavy (non-hydrogen) atoms. The number of para-hydroxylation sites is 1. The van der Waals surface area contributed by atoms with Gasteiger partial charge in [-0.1, -0.05) is 18.2 Å². The fourth-order valence-electron chi connectivity index (χ4n) is 2.54. The third-order valence-corrected chi connectivity index (χ3v) is 3.63. The Bertz CT molecular complexity index is 718. The van der Waals surface area contributed by atoms with E-state index in [-0.39, 0.29) is 6.04 Å². The van der Waals surface area contributed by atoms with Crippen LogP contribution in [0.25, 0.3) is 10.9 Å². The number of H-pyrrole nitrogens is 1. The number of hydrogen-bond acceptors (Lipinski definition) is 4. The van der Waals surface area contributed by atoms with Crippen LogP contribution >= 0.6 is 0 Å². The lowest BCUT2D eigenvalue weighted by Gasteiger charge is -2.12. The molecule has 1 aromatic carbocycles. The van der Waals surface area contributed by atoms with Gasteiger partial charge < -0.3 is 20.0 Å². The largest absolute Gasteiger partial charge is 0.383 e. The SMILES string of the molecule is COCCn1cnnc1[C@H](N)Cc1c[nH]c2ccccc12. The Labute approximate surface area is 122 Å². The number of aromatic amines is 1. The van der Waals surface area contributed by atoms with Gasteiger partial charge in [-0.15, -0.1) is 10.2 Å². The molecule has 1 atom stereocenters. The van der Waals surface area contributed by atoms with Gasteiger partial charge in [0, 0.05) is 30.8 Å². The highest BCUT2D eigenvalue weighted by molar-refractivity contribution is 5.83. The minimum atomic E-state index is -0.191. The van der Waals surface area contributed by atoms with Gasteiger partial charge in [-0.3, -0.25) is 0 Å². The number of fused-ring (bicyclic) bond motifs is 1. The lowest BCUT2D eigenvalue weighted by atomic mass is 10.1. The van der Waals surface area contributed by atoms with Gasteiger partial charge in [0.15, 0.2) is 0 Å². The molecule has 3 rings (SSSR count). The zero-order chi connectivity index (χ0) is 14.7. The van der Waals surface area contributed by atoms with Crippen molar-refractivity contribution in [2.45, 2.75) is 19.0 Å². The molecule has 0 bridgehead atoms. The summed E-state index contributed by atoms with van der Waals surface area (Å²) in [6.45, 7) is 1.32. The molecule has 0 aliphatic rings. The molecule has 2 aromatic heterocycles. The highest BCUT2D eigenvalue weighted by Gasteiger charge is 2.16. The minimum absolute atomic E-state index is 0.191. The Kier molecular flexibility index (Phi) is 3.98. The summed E-state index contributed by atoms with van der Waals surface area (Å²) >= 11 is 0. The highest BCUT2D eigenvalue weighted by Crippen LogP contribution is 2.22. The van der Waals surface area contributed by atoms with Gasteiger partial charge in [0.1, 0.15) is 12.2 Å². The van der Waals surface area contributed by atoms with Crippen LogP contribution in [0.15, 0.2) is 36.8 Å². The van der Waals surface area contributed by atoms with Crippen LogP contribution in [0, 0.1) is 0 Å². The van der Waals surface area contributed by atoms with Crippen molar-refractivity contribution in [3.05, 3.63) is 48.2 Å². The van der Waals surface area contributed by atoms with Gasteiger partial charge in [-0.05, 0) is 18.1 Å². The molecule has 3 N–H and O–H groups in total. The second-order valence-electron chi connectivity index (χ2n) is 5.05. The molecular weight excluding hydrogens is 266 g/mol. The average Bonchev–Trinajstić information content (AvgIpc) is 3.12. The van der Waals surface area contributed by atoms with E-state index in [4.69, 9.17) is 10.5 Å². The monoisotopic (exact) mass is 285 g/mol. The third kappa shape index (κ3) is 2.81. The first-order chi connectivity index (χ1) is 10.3. The van der Waals surface area contributed by atoms with Crippen LogP contribution in [0.1, 0.15) is 17.4 Å². The predicted octanol–water partition coefficient (Wildman–Crippen LogP) is 1.65. The van der Waals surface area contributed by atoms with Crippen LogP contribution in [-0.4, -0.2) is 33.5 Å². The minimum Gasteiger partial charge on any atom is -0.383 e. The van der Waals surface area contributed by atoms with E-state index in [9.17, 15) is 0 Å². The first-order valence-electron chi connectivity index (χ1n) is 6.97. The summed E-state index contributed by atoms with van der Waals surface area (Å²) in [4.78, 5) is 3.27. The Morgan fingerprint density at radius 3 is 3.10 bits per heavy atom. The van der Waals surface area contributed by atoms with Crippen LogP contribution in [0.4, 0.5) is 0 Å². The van der Waals surface area contributed by atoms with Crippen molar-refractivity contribution in [3.8, 4) is 0 Å². The molecule has 0 unspecified atom stereocenters. The summed E-state index contributed by atoms with van der Waals surface area (Å²) in [7, 11) is 1.68. The van der Waals surface area contributed by atoms with Crippen LogP contribution in [0.5, 0.6) is 0 Å². The maximum absolute atomic E-state index is 6.32. The van der Waals surface area contributed by atoms with Crippen LogP contribution in [-0.2, 0) is 17.7 Å². The van der Waals surface area contributed by atoms with E-state index in [0.717, 1.165) is 17.8 Å². The van der Waals surface area contributed by atoms with E-state index in [1.165, 1.54) is 10.9 Å². The molecule has 0 aliphatic heterocycles. The Morgan fingerprint density at radius 1 is 1.38 bits per heavy atom. The van der Waals surface area contributed by atoms with E-state index in [1.807, 2.05) is 22.9 Å². The van der Waals surface area contributed by atoms with Crippen molar-refractivity contribution in [1.82, 2.24) is 19.7 Å². The van der Waals surface area contributed by atoms with Crippen LogP contribution < -0.4 is 5.73 Å². The van der Waals surface area contributed by atoms with E-state index in [2.05, 4.69) is 27.3 Å². The summed E-state index contributed by atoms with van der Waals surface area (Å²) < 4.78 is 7.04. The molecular formula is C15H19N5O. The van der Waals surface area contributed by atoms with Crippen molar-refractivity contribution in [1.29, 1.82) is 0 Å².